The van der Waals surface area contributed by atoms with Gasteiger partial charge in [-0.25, -0.2) is 4.39 Å². The maximum atomic E-state index is 13.5. The number of aliphatic hydroxyl groups excluding tert-OH is 2. The Hall–Kier alpha value is -8.39. The predicted octanol–water partition coefficient (Wildman–Crippen LogP) is 32.5. The molecule has 9 aromatic rings. The number of aryl methyl sites for hydroxylation is 1. The second kappa shape index (κ2) is 52.8. The van der Waals surface area contributed by atoms with Crippen LogP contribution in [-0.4, -0.2) is 54.4 Å². The minimum atomic E-state index is -3.04. The summed E-state index contributed by atoms with van der Waals surface area (Å²) in [6.07, 6.45) is 2.06. The first-order chi connectivity index (χ1) is 58.3. The number of ether oxygens (including phenoxy) is 2. The van der Waals surface area contributed by atoms with Crippen LogP contribution < -0.4 is 9.47 Å². The number of methoxy groups -OCH3 is 1. The Kier molecular flexibility index (Phi) is 46.8. The van der Waals surface area contributed by atoms with Gasteiger partial charge in [0.05, 0.1) is 49.5 Å². The van der Waals surface area contributed by atoms with Gasteiger partial charge in [0.15, 0.2) is 5.78 Å². The van der Waals surface area contributed by atoms with Crippen molar-refractivity contribution in [2.75, 3.05) is 7.11 Å². The summed E-state index contributed by atoms with van der Waals surface area (Å²) in [4.78, 5) is 25.2. The van der Waals surface area contributed by atoms with Crippen molar-refractivity contribution in [2.24, 2.45) is 0 Å². The summed E-state index contributed by atoms with van der Waals surface area (Å²) in [5.74, 6) is 9.65. The normalized spacial score (nSPS) is 12.6. The minimum absolute atomic E-state index is 0.0358. The lowest BCUT2D eigenvalue weighted by molar-refractivity contribution is -0.159. The van der Waals surface area contributed by atoms with E-state index in [9.17, 15) is 28.2 Å². The highest BCUT2D eigenvalue weighted by molar-refractivity contribution is 6.01. The lowest BCUT2D eigenvalue weighted by atomic mass is 9.90. The molecule has 690 valence electrons. The molecule has 0 atom stereocenters. The number of carbonyl (C=O) groups is 1. The first-order valence-electron chi connectivity index (χ1n) is 46.8. The molecule has 0 amide bonds. The van der Waals surface area contributed by atoms with E-state index < -0.39 is 6.11 Å². The maximum absolute atomic E-state index is 13.5. The highest BCUT2D eigenvalue weighted by atomic mass is 19.3. The molecule has 5 aromatic carbocycles. The largest absolute Gasteiger partial charge is 0.495 e. The number of hydrogen-bond acceptors (Lipinski definition) is 10. The van der Waals surface area contributed by atoms with Crippen LogP contribution in [0.15, 0.2) is 134 Å². The maximum Gasteiger partial charge on any atom is 0.402 e. The molecule has 1 aliphatic carbocycles. The monoisotopic (exact) mass is 1720 g/mol. The van der Waals surface area contributed by atoms with Gasteiger partial charge in [0, 0.05) is 41.3 Å². The van der Waals surface area contributed by atoms with E-state index in [1.807, 2.05) is 78.2 Å². The molecule has 0 unspecified atom stereocenters. The van der Waals surface area contributed by atoms with Crippen LogP contribution in [0.4, 0.5) is 13.2 Å². The van der Waals surface area contributed by atoms with E-state index in [0.717, 1.165) is 85.1 Å². The topological polar surface area (TPSA) is 140 Å². The van der Waals surface area contributed by atoms with Crippen molar-refractivity contribution < 1.29 is 37.7 Å². The van der Waals surface area contributed by atoms with E-state index in [4.69, 9.17) is 9.47 Å². The number of hydrogen-bond donors (Lipinski definition) is 2. The Bertz CT molecular complexity index is 4340. The van der Waals surface area contributed by atoms with Gasteiger partial charge in [0.2, 0.25) is 0 Å². The zero-order chi connectivity index (χ0) is 95.1. The molecule has 0 fully saturated rings. The molecule has 0 spiro atoms. The van der Waals surface area contributed by atoms with E-state index in [1.54, 1.807) is 13.2 Å². The van der Waals surface area contributed by atoms with Gasteiger partial charge in [0.25, 0.3) is 0 Å². The van der Waals surface area contributed by atoms with Gasteiger partial charge in [-0.1, -0.05) is 346 Å². The van der Waals surface area contributed by atoms with Crippen molar-refractivity contribution >= 4 is 5.78 Å². The number of pyridine rings is 3. The molecule has 11 rings (SSSR count). The van der Waals surface area contributed by atoms with Crippen LogP contribution in [0.5, 0.6) is 11.5 Å². The minimum Gasteiger partial charge on any atom is -0.495 e. The van der Waals surface area contributed by atoms with Crippen LogP contribution in [0.3, 0.4) is 0 Å². The molecular weight excluding hydrogens is 1550 g/mol. The second-order valence-corrected chi connectivity index (χ2v) is 39.5. The van der Waals surface area contributed by atoms with Crippen LogP contribution in [0, 0.1) is 12.7 Å². The lowest BCUT2D eigenvalue weighted by Gasteiger charge is -2.15. The van der Waals surface area contributed by atoms with Gasteiger partial charge in [-0.15, -0.1) is 0 Å². The fraction of sp³-hybridized carbons (Fsp3) is 0.554. The molecular formula is C112H166F3N5O5. The number of benzene rings is 5. The van der Waals surface area contributed by atoms with Gasteiger partial charge in [0.1, 0.15) is 17.3 Å². The number of Topliss-reactive ketones (excluding diaryl/α,β-unsaturated/α-hetero) is 1. The number of aliphatic hydroxyl groups is 2. The van der Waals surface area contributed by atoms with Crippen LogP contribution in [-0.2, 0) is 26.1 Å². The summed E-state index contributed by atoms with van der Waals surface area (Å²) >= 11 is 0. The second-order valence-electron chi connectivity index (χ2n) is 39.5. The van der Waals surface area contributed by atoms with Gasteiger partial charge in [-0.3, -0.25) is 19.7 Å². The number of aromatic nitrogens is 5. The first-order valence-corrected chi connectivity index (χ1v) is 46.8. The van der Waals surface area contributed by atoms with Crippen molar-refractivity contribution in [2.45, 2.75) is 401 Å². The Morgan fingerprint density at radius 1 is 0.368 bits per heavy atom. The van der Waals surface area contributed by atoms with Crippen molar-refractivity contribution in [3.8, 4) is 11.5 Å². The molecule has 4 aromatic heterocycles. The summed E-state index contributed by atoms with van der Waals surface area (Å²) in [5, 5.41) is 27.0. The Morgan fingerprint density at radius 3 is 1.16 bits per heavy atom. The summed E-state index contributed by atoms with van der Waals surface area (Å²) in [7, 11) is 1.70. The molecule has 0 bridgehead atoms. The van der Waals surface area contributed by atoms with E-state index in [0.29, 0.717) is 101 Å². The van der Waals surface area contributed by atoms with E-state index in [2.05, 4.69) is 331 Å². The number of ketones is 1. The average molecular weight is 1720 g/mol. The number of alkyl halides is 2. The summed E-state index contributed by atoms with van der Waals surface area (Å²) in [6, 6.07) is 42.2. The first kappa shape index (κ1) is 111. The SMILES string of the molecule is CC(C)c1ccc(C(C)C)c(CO)c1.CC(C)c1ccc(C(C)C)c(CO)n1.CC(C)c1ccc(C(C)C)c(F)c1.CC(C)c1ccc(C(C)C)c2c1CC(F)(F)O2.CC(C)c1ccc(C(C)C)cc1.CC(C)c1ccc(C(C)C)nc1.CC(C)c1nnc(C(C)C)c2c1CCC2=O.COc1cc(C(C)C)cnc1C(C)C.Cc1cc(C(C)C)ccc1C(C)C. The lowest BCUT2D eigenvalue weighted by Crippen LogP contribution is -2.21. The predicted molar refractivity (Wildman–Crippen MR) is 526 cm³/mol. The molecule has 2 aliphatic rings. The molecule has 10 nitrogen and oxygen atoms in total. The van der Waals surface area contributed by atoms with Crippen LogP contribution in [0.1, 0.15) is 501 Å². The molecule has 125 heavy (non-hydrogen) atoms. The standard InChI is InChI=1S/C14H18F2O.C13H18N2O.C13H20O.C13H20.C12H17F.2C12H19NO.C12H18.C11H17N/c1-8(2)10-5-6-11(9(3)4)13-12(10)7-14(15,16)17-13;1-7(2)12-9-5-6-10(16)11(9)13(8(3)4)15-14-12;1-9(2)11-5-6-13(10(3)4)12(7-11)8-14;1-9(2)12-6-7-13(10(3)4)11(5)8-12;1-8(2)10-5-6-11(9(3)4)12(13)7-10;1-8(2)10-6-11(14-5)12(9(3)4)13-7-10;1-8(2)10-5-6-11(9(3)4)13-12(10)7-14;1-9(2)11-5-7-12(8-6-11)10(3)4;1-8(2)10-5-6-11(9(3)4)12-7-10/h5-6,8-9H,7H2,1-4H3;7-8H,5-6H2,1-4H3;5-7,9-10,14H,8H2,1-4H3;6-10H,1-5H3;5-9H,1-4H3;6-9H,1-5H3;5-6,8-9,14H,7H2,1-4H3;5-10H,1-4H3;5-9H,1-4H3. The van der Waals surface area contributed by atoms with E-state index >= 15 is 0 Å². The number of nitrogens with zero attached hydrogens (tertiary/aromatic N) is 5. The Balaban J connectivity index is 0.000000364. The molecule has 0 saturated heterocycles. The third kappa shape index (κ3) is 34.6. The number of rotatable bonds is 21. The van der Waals surface area contributed by atoms with E-state index in [1.165, 1.54) is 55.8 Å². The Morgan fingerprint density at radius 2 is 0.760 bits per heavy atom. The van der Waals surface area contributed by atoms with Gasteiger partial charge in [-0.2, -0.15) is 19.0 Å². The smallest absolute Gasteiger partial charge is 0.402 e. The van der Waals surface area contributed by atoms with Crippen molar-refractivity contribution in [3.05, 3.63) is 274 Å². The molecule has 5 heterocycles. The van der Waals surface area contributed by atoms with Crippen molar-refractivity contribution in [1.29, 1.82) is 0 Å². The van der Waals surface area contributed by atoms with Crippen LogP contribution in [0.25, 0.3) is 0 Å². The summed E-state index contributed by atoms with van der Waals surface area (Å²) in [5.41, 5.74) is 27.0. The highest BCUT2D eigenvalue weighted by Crippen LogP contribution is 2.46. The molecule has 0 saturated carbocycles. The molecule has 2 N–H and O–H groups in total. The van der Waals surface area contributed by atoms with Gasteiger partial charge < -0.3 is 19.7 Å². The third-order valence-corrected chi connectivity index (χ3v) is 22.9. The number of halogens is 3. The Labute approximate surface area is 757 Å². The third-order valence-electron chi connectivity index (χ3n) is 22.9. The van der Waals surface area contributed by atoms with Crippen molar-refractivity contribution in [1.82, 2.24) is 25.1 Å². The fourth-order valence-corrected chi connectivity index (χ4v) is 14.7. The average Bonchev–Trinajstić information content (AvgIpc) is 1.64. The van der Waals surface area contributed by atoms with Crippen LogP contribution in [0.2, 0.25) is 0 Å². The highest BCUT2D eigenvalue weighted by Gasteiger charge is 2.43. The zero-order valence-corrected chi connectivity index (χ0v) is 84.6. The quantitative estimate of drug-likeness (QED) is 0.0714. The molecule has 0 radical (unpaired) electrons. The fourth-order valence-electron chi connectivity index (χ4n) is 14.7. The van der Waals surface area contributed by atoms with E-state index in [-0.39, 0.29) is 54.9 Å². The zero-order valence-electron chi connectivity index (χ0n) is 84.6. The van der Waals surface area contributed by atoms with Gasteiger partial charge in [-0.05, 0) is 233 Å². The summed E-state index contributed by atoms with van der Waals surface area (Å²) in [6.45, 7) is 79.1. The molecule has 13 heteroatoms. The number of carbonyl (C=O) groups excluding carboxylic acids is 1. The van der Waals surface area contributed by atoms with Crippen molar-refractivity contribution in [3.63, 3.8) is 0 Å². The molecule has 1 aliphatic heterocycles. The van der Waals surface area contributed by atoms with Crippen LogP contribution >= 0.6 is 0 Å². The van der Waals surface area contributed by atoms with Gasteiger partial charge >= 0.3 is 6.11 Å². The summed E-state index contributed by atoms with van der Waals surface area (Å²) < 4.78 is 50.4. The number of fused-ring (bicyclic) bond motifs is 2.